The number of amides is 1. The summed E-state index contributed by atoms with van der Waals surface area (Å²) in [6.07, 6.45) is 5.37. The highest BCUT2D eigenvalue weighted by Gasteiger charge is 2.34. The molecule has 0 saturated carbocycles. The summed E-state index contributed by atoms with van der Waals surface area (Å²) >= 11 is 0. The van der Waals surface area contributed by atoms with Crippen molar-refractivity contribution in [2.45, 2.75) is 64.2 Å². The predicted molar refractivity (Wildman–Crippen MR) is 89.3 cm³/mol. The first-order valence-corrected chi connectivity index (χ1v) is 8.51. The normalized spacial score (nSPS) is 22.0. The van der Waals surface area contributed by atoms with E-state index >= 15 is 0 Å². The number of hydrogen-bond donors (Lipinski definition) is 3. The highest BCUT2D eigenvalue weighted by molar-refractivity contribution is 5.82. The van der Waals surface area contributed by atoms with Crippen LogP contribution >= 0.6 is 0 Å². The van der Waals surface area contributed by atoms with Gasteiger partial charge in [-0.25, -0.2) is 5.43 Å². The minimum atomic E-state index is -0.240. The lowest BCUT2D eigenvalue weighted by atomic mass is 10.0. The molecule has 3 atom stereocenters. The first kappa shape index (κ1) is 17.8. The molecule has 6 nitrogen and oxygen atoms in total. The van der Waals surface area contributed by atoms with Crippen LogP contribution in [-0.2, 0) is 11.3 Å². The summed E-state index contributed by atoms with van der Waals surface area (Å²) in [5, 5.41) is 9.65. The zero-order chi connectivity index (χ0) is 16.7. The van der Waals surface area contributed by atoms with Crippen molar-refractivity contribution in [2.75, 3.05) is 6.61 Å². The molecule has 2 heterocycles. The van der Waals surface area contributed by atoms with Crippen molar-refractivity contribution in [3.05, 3.63) is 30.1 Å². The van der Waals surface area contributed by atoms with Crippen LogP contribution in [0, 0.1) is 0 Å². The molecule has 1 aromatic heterocycles. The summed E-state index contributed by atoms with van der Waals surface area (Å²) in [6, 6.07) is 5.59. The zero-order valence-electron chi connectivity index (χ0n) is 14.0. The molecule has 0 radical (unpaired) electrons. The lowest BCUT2D eigenvalue weighted by Crippen LogP contribution is -2.50. The molecule has 1 saturated heterocycles. The van der Waals surface area contributed by atoms with E-state index in [2.05, 4.69) is 22.8 Å². The average molecular weight is 320 g/mol. The molecule has 0 spiro atoms. The maximum atomic E-state index is 12.9. The van der Waals surface area contributed by atoms with Crippen LogP contribution < -0.4 is 10.9 Å². The number of aromatic nitrogens is 1. The van der Waals surface area contributed by atoms with Gasteiger partial charge in [0.05, 0.1) is 24.9 Å². The van der Waals surface area contributed by atoms with E-state index < -0.39 is 0 Å². The Kier molecular flexibility index (Phi) is 6.95. The van der Waals surface area contributed by atoms with Crippen LogP contribution in [0.5, 0.6) is 0 Å². The number of nitrogens with zero attached hydrogens (tertiary/aromatic N) is 2. The predicted octanol–water partition coefficient (Wildman–Crippen LogP) is 1.22. The van der Waals surface area contributed by atoms with Crippen LogP contribution in [0.4, 0.5) is 0 Å². The number of hydrogen-bond acceptors (Lipinski definition) is 5. The Bertz CT molecular complexity index is 479. The van der Waals surface area contributed by atoms with Gasteiger partial charge in [-0.1, -0.05) is 26.3 Å². The van der Waals surface area contributed by atoms with Crippen LogP contribution in [0.2, 0.25) is 0 Å². The van der Waals surface area contributed by atoms with Gasteiger partial charge in [-0.2, -0.15) is 0 Å². The van der Waals surface area contributed by atoms with E-state index in [0.717, 1.165) is 25.0 Å². The van der Waals surface area contributed by atoms with Crippen molar-refractivity contribution in [2.24, 2.45) is 0 Å². The number of hydrazine groups is 1. The maximum Gasteiger partial charge on any atom is 0.241 e. The summed E-state index contributed by atoms with van der Waals surface area (Å²) in [5.41, 5.74) is 7.16. The van der Waals surface area contributed by atoms with Crippen molar-refractivity contribution in [1.29, 1.82) is 0 Å². The topological polar surface area (TPSA) is 77.5 Å². The van der Waals surface area contributed by atoms with Crippen LogP contribution in [0.3, 0.4) is 0 Å². The third kappa shape index (κ3) is 4.73. The smallest absolute Gasteiger partial charge is 0.241 e. The molecule has 1 amide bonds. The van der Waals surface area contributed by atoms with Crippen molar-refractivity contribution in [3.8, 4) is 0 Å². The fraction of sp³-hybridized carbons (Fsp3) is 0.647. The number of pyridine rings is 1. The van der Waals surface area contributed by atoms with Gasteiger partial charge in [-0.3, -0.25) is 15.2 Å². The third-order valence-corrected chi connectivity index (χ3v) is 4.38. The molecule has 1 aromatic rings. The number of rotatable bonds is 8. The monoisotopic (exact) mass is 320 g/mol. The number of aliphatic hydroxyl groups excluding tert-OH is 1. The number of aliphatic hydroxyl groups is 1. The lowest BCUT2D eigenvalue weighted by molar-refractivity contribution is -0.137. The fourth-order valence-corrected chi connectivity index (χ4v) is 3.02. The summed E-state index contributed by atoms with van der Waals surface area (Å²) in [6.45, 7) is 4.52. The summed E-state index contributed by atoms with van der Waals surface area (Å²) in [7, 11) is 0. The molecule has 1 fully saturated rings. The highest BCUT2D eigenvalue weighted by Crippen LogP contribution is 2.17. The molecule has 23 heavy (non-hydrogen) atoms. The summed E-state index contributed by atoms with van der Waals surface area (Å²) in [4.78, 5) is 19.0. The Morgan fingerprint density at radius 3 is 2.87 bits per heavy atom. The van der Waals surface area contributed by atoms with Crippen LogP contribution in [0.15, 0.2) is 24.4 Å². The SMILES string of the molecule is CCCC1CC(C(=O)N(Cc2ccccn2)C(CC)CO)NN1. The number of carbonyl (C=O) groups excluding carboxylic acids is 1. The molecule has 0 aliphatic carbocycles. The molecular weight excluding hydrogens is 292 g/mol. The van der Waals surface area contributed by atoms with Gasteiger partial charge in [0.2, 0.25) is 5.91 Å². The molecular formula is C17H28N4O2. The average Bonchev–Trinajstić information content (AvgIpc) is 3.04. The second-order valence-corrected chi connectivity index (χ2v) is 6.09. The molecule has 3 unspecified atom stereocenters. The largest absolute Gasteiger partial charge is 0.394 e. The highest BCUT2D eigenvalue weighted by atomic mass is 16.3. The fourth-order valence-electron chi connectivity index (χ4n) is 3.02. The van der Waals surface area contributed by atoms with E-state index in [0.29, 0.717) is 19.0 Å². The Labute approximate surface area is 138 Å². The van der Waals surface area contributed by atoms with Crippen LogP contribution in [0.25, 0.3) is 0 Å². The first-order chi connectivity index (χ1) is 11.2. The molecule has 0 bridgehead atoms. The Hall–Kier alpha value is -1.50. The second kappa shape index (κ2) is 8.96. The number of carbonyl (C=O) groups is 1. The van der Waals surface area contributed by atoms with Crippen LogP contribution in [0.1, 0.15) is 45.2 Å². The molecule has 2 rings (SSSR count). The van der Waals surface area contributed by atoms with E-state index in [9.17, 15) is 9.90 Å². The van der Waals surface area contributed by atoms with Gasteiger partial charge in [0.25, 0.3) is 0 Å². The van der Waals surface area contributed by atoms with E-state index in [-0.39, 0.29) is 24.6 Å². The van der Waals surface area contributed by atoms with Crippen molar-refractivity contribution in [3.63, 3.8) is 0 Å². The van der Waals surface area contributed by atoms with Gasteiger partial charge in [0, 0.05) is 12.2 Å². The van der Waals surface area contributed by atoms with Crippen molar-refractivity contribution >= 4 is 5.91 Å². The van der Waals surface area contributed by atoms with Gasteiger partial charge >= 0.3 is 0 Å². The molecule has 128 valence electrons. The molecule has 0 aromatic carbocycles. The minimum Gasteiger partial charge on any atom is -0.394 e. The van der Waals surface area contributed by atoms with E-state index in [1.54, 1.807) is 11.1 Å². The van der Waals surface area contributed by atoms with Gasteiger partial charge in [0.15, 0.2) is 0 Å². The Balaban J connectivity index is 2.08. The Morgan fingerprint density at radius 1 is 1.43 bits per heavy atom. The summed E-state index contributed by atoms with van der Waals surface area (Å²) in [5.74, 6) is 0.0302. The van der Waals surface area contributed by atoms with Gasteiger partial charge < -0.3 is 10.0 Å². The van der Waals surface area contributed by atoms with E-state index in [1.165, 1.54) is 0 Å². The van der Waals surface area contributed by atoms with E-state index in [4.69, 9.17) is 0 Å². The van der Waals surface area contributed by atoms with Crippen molar-refractivity contribution in [1.82, 2.24) is 20.7 Å². The van der Waals surface area contributed by atoms with Gasteiger partial charge in [-0.15, -0.1) is 0 Å². The van der Waals surface area contributed by atoms with Crippen LogP contribution in [-0.4, -0.2) is 45.6 Å². The van der Waals surface area contributed by atoms with Gasteiger partial charge in [-0.05, 0) is 31.4 Å². The molecule has 3 N–H and O–H groups in total. The quantitative estimate of drug-likeness (QED) is 0.671. The maximum absolute atomic E-state index is 12.9. The first-order valence-electron chi connectivity index (χ1n) is 8.51. The third-order valence-electron chi connectivity index (χ3n) is 4.38. The number of nitrogens with one attached hydrogen (secondary N) is 2. The zero-order valence-corrected chi connectivity index (χ0v) is 14.0. The molecule has 6 heteroatoms. The Morgan fingerprint density at radius 2 is 2.26 bits per heavy atom. The van der Waals surface area contributed by atoms with Crippen molar-refractivity contribution < 1.29 is 9.90 Å². The molecule has 1 aliphatic heterocycles. The van der Waals surface area contributed by atoms with E-state index in [1.807, 2.05) is 25.1 Å². The standard InChI is InChI=1S/C17H28N4O2/c1-3-7-13-10-16(20-19-13)17(23)21(15(4-2)12-22)11-14-8-5-6-9-18-14/h5-6,8-9,13,15-16,19-20,22H,3-4,7,10-12H2,1-2H3. The second-order valence-electron chi connectivity index (χ2n) is 6.09. The lowest BCUT2D eigenvalue weighted by Gasteiger charge is -2.31. The van der Waals surface area contributed by atoms with Gasteiger partial charge in [0.1, 0.15) is 6.04 Å². The minimum absolute atomic E-state index is 0.0302. The summed E-state index contributed by atoms with van der Waals surface area (Å²) < 4.78 is 0. The molecule has 1 aliphatic rings.